The molecular formula is C10H12N4. The van der Waals surface area contributed by atoms with Crippen LogP contribution in [0.2, 0.25) is 0 Å². The Morgan fingerprint density at radius 3 is 2.93 bits per heavy atom. The number of hydrogen-bond donors (Lipinski definition) is 1. The van der Waals surface area contributed by atoms with Gasteiger partial charge in [0.15, 0.2) is 0 Å². The van der Waals surface area contributed by atoms with Crippen molar-refractivity contribution >= 4 is 0 Å². The Morgan fingerprint density at radius 2 is 2.29 bits per heavy atom. The fourth-order valence-electron chi connectivity index (χ4n) is 1.30. The molecule has 2 rings (SSSR count). The molecule has 1 unspecified atom stereocenters. The highest BCUT2D eigenvalue weighted by Crippen LogP contribution is 2.13. The van der Waals surface area contributed by atoms with Crippen LogP contribution in [-0.2, 0) is 0 Å². The molecule has 0 aliphatic rings. The van der Waals surface area contributed by atoms with Gasteiger partial charge in [-0.15, -0.1) is 5.10 Å². The quantitative estimate of drug-likeness (QED) is 0.772. The van der Waals surface area contributed by atoms with E-state index in [2.05, 4.69) is 10.3 Å². The molecule has 72 valence electrons. The molecule has 1 atom stereocenters. The molecule has 0 saturated heterocycles. The molecule has 2 N–H and O–H groups in total. The summed E-state index contributed by atoms with van der Waals surface area (Å²) < 4.78 is 1.71. The first kappa shape index (κ1) is 8.90. The lowest BCUT2D eigenvalue weighted by Gasteiger charge is -2.07. The van der Waals surface area contributed by atoms with E-state index in [0.717, 1.165) is 11.3 Å². The lowest BCUT2D eigenvalue weighted by atomic mass is 10.1. The Morgan fingerprint density at radius 1 is 1.43 bits per heavy atom. The Balaban J connectivity index is 2.41. The van der Waals surface area contributed by atoms with E-state index in [1.165, 1.54) is 0 Å². The predicted molar refractivity (Wildman–Crippen MR) is 54.0 cm³/mol. The van der Waals surface area contributed by atoms with E-state index in [9.17, 15) is 0 Å². The van der Waals surface area contributed by atoms with Crippen LogP contribution in [0.25, 0.3) is 5.69 Å². The summed E-state index contributed by atoms with van der Waals surface area (Å²) in [6.45, 7) is 1.96. The lowest BCUT2D eigenvalue weighted by molar-refractivity contribution is 0.787. The van der Waals surface area contributed by atoms with E-state index in [1.807, 2.05) is 31.2 Å². The summed E-state index contributed by atoms with van der Waals surface area (Å²) in [5.74, 6) is 0. The average molecular weight is 188 g/mol. The van der Waals surface area contributed by atoms with Crippen LogP contribution < -0.4 is 5.73 Å². The molecule has 0 radical (unpaired) electrons. The number of nitrogens with two attached hydrogens (primary N) is 1. The predicted octanol–water partition coefficient (Wildman–Crippen LogP) is 1.29. The largest absolute Gasteiger partial charge is 0.324 e. The van der Waals surface area contributed by atoms with Gasteiger partial charge in [0, 0.05) is 6.04 Å². The maximum atomic E-state index is 5.79. The normalized spacial score (nSPS) is 12.7. The first-order valence-electron chi connectivity index (χ1n) is 4.49. The van der Waals surface area contributed by atoms with Gasteiger partial charge in [-0.25, -0.2) is 4.68 Å². The Bertz CT molecular complexity index is 406. The minimum Gasteiger partial charge on any atom is -0.324 e. The molecule has 0 aliphatic heterocycles. The van der Waals surface area contributed by atoms with Crippen molar-refractivity contribution in [2.75, 3.05) is 0 Å². The molecule has 0 fully saturated rings. The fraction of sp³-hybridized carbons (Fsp3) is 0.200. The van der Waals surface area contributed by atoms with Crippen molar-refractivity contribution in [3.63, 3.8) is 0 Å². The van der Waals surface area contributed by atoms with Crippen LogP contribution in [0.1, 0.15) is 18.5 Å². The average Bonchev–Trinajstić information content (AvgIpc) is 2.71. The molecule has 0 aliphatic carbocycles. The Hall–Kier alpha value is -1.68. The van der Waals surface area contributed by atoms with E-state index < -0.39 is 0 Å². The summed E-state index contributed by atoms with van der Waals surface area (Å²) in [5, 5.41) is 7.67. The van der Waals surface area contributed by atoms with Crippen LogP contribution >= 0.6 is 0 Å². The molecule has 4 heteroatoms. The SMILES string of the molecule is CC(N)c1cccc(-n2ccnn2)c1. The van der Waals surface area contributed by atoms with Crippen molar-refractivity contribution in [3.05, 3.63) is 42.2 Å². The minimum absolute atomic E-state index is 0.0403. The summed E-state index contributed by atoms with van der Waals surface area (Å²) in [4.78, 5) is 0. The summed E-state index contributed by atoms with van der Waals surface area (Å²) in [7, 11) is 0. The van der Waals surface area contributed by atoms with Gasteiger partial charge in [-0.05, 0) is 24.6 Å². The van der Waals surface area contributed by atoms with Crippen LogP contribution in [-0.4, -0.2) is 15.0 Å². The van der Waals surface area contributed by atoms with Gasteiger partial charge in [0.25, 0.3) is 0 Å². The molecule has 0 spiro atoms. The van der Waals surface area contributed by atoms with E-state index in [-0.39, 0.29) is 6.04 Å². The van der Waals surface area contributed by atoms with Gasteiger partial charge in [0.05, 0.1) is 18.1 Å². The van der Waals surface area contributed by atoms with Gasteiger partial charge in [-0.3, -0.25) is 0 Å². The van der Waals surface area contributed by atoms with Gasteiger partial charge in [-0.2, -0.15) is 0 Å². The van der Waals surface area contributed by atoms with E-state index >= 15 is 0 Å². The zero-order valence-corrected chi connectivity index (χ0v) is 7.96. The molecular weight excluding hydrogens is 176 g/mol. The summed E-state index contributed by atoms with van der Waals surface area (Å²) >= 11 is 0. The van der Waals surface area contributed by atoms with Crippen LogP contribution in [0.15, 0.2) is 36.7 Å². The van der Waals surface area contributed by atoms with Crippen molar-refractivity contribution in [2.45, 2.75) is 13.0 Å². The first-order chi connectivity index (χ1) is 6.77. The highest BCUT2D eigenvalue weighted by Gasteiger charge is 2.01. The van der Waals surface area contributed by atoms with Crippen LogP contribution in [0.5, 0.6) is 0 Å². The highest BCUT2D eigenvalue weighted by molar-refractivity contribution is 5.35. The van der Waals surface area contributed by atoms with Crippen molar-refractivity contribution < 1.29 is 0 Å². The molecule has 14 heavy (non-hydrogen) atoms. The number of nitrogens with zero attached hydrogens (tertiary/aromatic N) is 3. The molecule has 1 aromatic heterocycles. The van der Waals surface area contributed by atoms with Crippen molar-refractivity contribution in [3.8, 4) is 5.69 Å². The molecule has 4 nitrogen and oxygen atoms in total. The first-order valence-corrected chi connectivity index (χ1v) is 4.49. The zero-order valence-electron chi connectivity index (χ0n) is 7.96. The fourth-order valence-corrected chi connectivity index (χ4v) is 1.30. The number of aromatic nitrogens is 3. The molecule has 0 saturated carbocycles. The van der Waals surface area contributed by atoms with Crippen molar-refractivity contribution in [1.82, 2.24) is 15.0 Å². The van der Waals surface area contributed by atoms with Gasteiger partial charge in [-0.1, -0.05) is 17.3 Å². The molecule has 2 aromatic rings. The van der Waals surface area contributed by atoms with E-state index in [0.29, 0.717) is 0 Å². The summed E-state index contributed by atoms with van der Waals surface area (Å²) in [6.07, 6.45) is 3.46. The van der Waals surface area contributed by atoms with Gasteiger partial charge >= 0.3 is 0 Å². The third-order valence-corrected chi connectivity index (χ3v) is 2.08. The minimum atomic E-state index is 0.0403. The van der Waals surface area contributed by atoms with Crippen molar-refractivity contribution in [1.29, 1.82) is 0 Å². The van der Waals surface area contributed by atoms with Crippen LogP contribution in [0, 0.1) is 0 Å². The molecule has 0 bridgehead atoms. The third kappa shape index (κ3) is 1.65. The Labute approximate surface area is 82.4 Å². The third-order valence-electron chi connectivity index (χ3n) is 2.08. The smallest absolute Gasteiger partial charge is 0.0697 e. The van der Waals surface area contributed by atoms with Gasteiger partial charge in [0.2, 0.25) is 0 Å². The molecule has 1 aromatic carbocycles. The van der Waals surface area contributed by atoms with E-state index in [1.54, 1.807) is 17.1 Å². The second-order valence-corrected chi connectivity index (χ2v) is 3.23. The number of hydrogen-bond acceptors (Lipinski definition) is 3. The van der Waals surface area contributed by atoms with E-state index in [4.69, 9.17) is 5.73 Å². The lowest BCUT2D eigenvalue weighted by Crippen LogP contribution is -2.06. The topological polar surface area (TPSA) is 56.7 Å². The zero-order chi connectivity index (χ0) is 9.97. The number of benzene rings is 1. The van der Waals surface area contributed by atoms with Crippen LogP contribution in [0.3, 0.4) is 0 Å². The van der Waals surface area contributed by atoms with Gasteiger partial charge in [0.1, 0.15) is 0 Å². The summed E-state index contributed by atoms with van der Waals surface area (Å²) in [6, 6.07) is 8.00. The maximum Gasteiger partial charge on any atom is 0.0697 e. The van der Waals surface area contributed by atoms with Gasteiger partial charge < -0.3 is 5.73 Å². The Kier molecular flexibility index (Phi) is 2.28. The molecule has 0 amide bonds. The second-order valence-electron chi connectivity index (χ2n) is 3.23. The van der Waals surface area contributed by atoms with Crippen molar-refractivity contribution in [2.24, 2.45) is 5.73 Å². The number of rotatable bonds is 2. The standard InChI is InChI=1S/C10H12N4/c1-8(11)9-3-2-4-10(7-9)14-6-5-12-13-14/h2-8H,11H2,1H3. The molecule has 1 heterocycles. The monoisotopic (exact) mass is 188 g/mol. The maximum absolute atomic E-state index is 5.79. The van der Waals surface area contributed by atoms with Crippen LogP contribution in [0.4, 0.5) is 0 Å². The second kappa shape index (κ2) is 3.59. The summed E-state index contributed by atoms with van der Waals surface area (Å²) in [5.41, 5.74) is 7.87. The highest BCUT2D eigenvalue weighted by atomic mass is 15.4.